The van der Waals surface area contributed by atoms with E-state index in [-0.39, 0.29) is 5.02 Å². The number of nitrogens with zero attached hydrogens (tertiary/aromatic N) is 2. The zero-order valence-corrected chi connectivity index (χ0v) is 12.8. The molecule has 0 aliphatic heterocycles. The second-order valence-corrected chi connectivity index (χ2v) is 5.97. The summed E-state index contributed by atoms with van der Waals surface area (Å²) in [5, 5.41) is 0.0976. The van der Waals surface area contributed by atoms with Gasteiger partial charge in [0.1, 0.15) is 23.2 Å². The van der Waals surface area contributed by atoms with Crippen molar-refractivity contribution < 1.29 is 4.39 Å². The maximum Gasteiger partial charge on any atom is 0.141 e. The van der Waals surface area contributed by atoms with Gasteiger partial charge in [0, 0.05) is 18.0 Å². The van der Waals surface area contributed by atoms with Crippen LogP contribution in [0.15, 0.2) is 18.2 Å². The van der Waals surface area contributed by atoms with Crippen LogP contribution in [0.1, 0.15) is 44.3 Å². The van der Waals surface area contributed by atoms with Crippen LogP contribution in [0, 0.1) is 5.82 Å². The first-order valence-corrected chi connectivity index (χ1v) is 7.81. The van der Waals surface area contributed by atoms with Gasteiger partial charge in [-0.05, 0) is 38.0 Å². The Morgan fingerprint density at radius 1 is 1.38 bits per heavy atom. The minimum absolute atomic E-state index is 0.0976. The summed E-state index contributed by atoms with van der Waals surface area (Å²) in [7, 11) is 0. The van der Waals surface area contributed by atoms with Crippen molar-refractivity contribution in [2.45, 2.75) is 45.1 Å². The smallest absolute Gasteiger partial charge is 0.141 e. The fraction of sp³-hybridized carbons (Fsp3) is 0.438. The first kappa shape index (κ1) is 14.4. The van der Waals surface area contributed by atoms with Gasteiger partial charge in [0.15, 0.2) is 0 Å². The van der Waals surface area contributed by atoms with Crippen molar-refractivity contribution >= 4 is 17.4 Å². The van der Waals surface area contributed by atoms with Crippen molar-refractivity contribution in [2.24, 2.45) is 0 Å². The molecule has 1 saturated carbocycles. The van der Waals surface area contributed by atoms with Crippen LogP contribution in [0.2, 0.25) is 5.02 Å². The molecular formula is C16H19ClFN3. The van der Waals surface area contributed by atoms with Crippen molar-refractivity contribution in [3.05, 3.63) is 34.9 Å². The Morgan fingerprint density at radius 3 is 2.71 bits per heavy atom. The summed E-state index contributed by atoms with van der Waals surface area (Å²) < 4.78 is 15.4. The maximum atomic E-state index is 13.3. The van der Waals surface area contributed by atoms with E-state index in [1.165, 1.54) is 31.7 Å². The van der Waals surface area contributed by atoms with Crippen LogP contribution in [-0.2, 0) is 6.54 Å². The average molecular weight is 308 g/mol. The highest BCUT2D eigenvalue weighted by atomic mass is 35.5. The molecule has 1 aromatic heterocycles. The minimum atomic E-state index is -0.426. The molecule has 1 heterocycles. The summed E-state index contributed by atoms with van der Waals surface area (Å²) in [5.41, 5.74) is 7.74. The molecule has 21 heavy (non-hydrogen) atoms. The minimum Gasteiger partial charge on any atom is -0.383 e. The van der Waals surface area contributed by atoms with Crippen molar-refractivity contribution in [1.82, 2.24) is 9.55 Å². The Labute approximate surface area is 128 Å². The highest BCUT2D eigenvalue weighted by molar-refractivity contribution is 6.31. The predicted octanol–water partition coefficient (Wildman–Crippen LogP) is 4.60. The third-order valence-electron chi connectivity index (χ3n) is 4.27. The normalized spacial score (nSPS) is 15.8. The van der Waals surface area contributed by atoms with Crippen molar-refractivity contribution in [2.75, 3.05) is 5.73 Å². The molecule has 112 valence electrons. The van der Waals surface area contributed by atoms with Crippen LogP contribution < -0.4 is 5.73 Å². The lowest BCUT2D eigenvalue weighted by Gasteiger charge is -2.11. The molecule has 3 nitrogen and oxygen atoms in total. The topological polar surface area (TPSA) is 43.8 Å². The largest absolute Gasteiger partial charge is 0.383 e. The molecule has 0 spiro atoms. The molecule has 0 atom stereocenters. The van der Waals surface area contributed by atoms with Gasteiger partial charge in [0.2, 0.25) is 0 Å². The third-order valence-corrected chi connectivity index (χ3v) is 4.56. The molecule has 2 aromatic rings. The first-order valence-electron chi connectivity index (χ1n) is 7.43. The molecule has 2 N–H and O–H groups in total. The van der Waals surface area contributed by atoms with Crippen LogP contribution in [-0.4, -0.2) is 9.55 Å². The molecule has 1 fully saturated rings. The van der Waals surface area contributed by atoms with Gasteiger partial charge >= 0.3 is 0 Å². The second-order valence-electron chi connectivity index (χ2n) is 5.56. The van der Waals surface area contributed by atoms with Gasteiger partial charge in [-0.3, -0.25) is 0 Å². The number of halogens is 2. The predicted molar refractivity (Wildman–Crippen MR) is 83.9 cm³/mol. The van der Waals surface area contributed by atoms with E-state index < -0.39 is 5.82 Å². The quantitative estimate of drug-likeness (QED) is 0.900. The summed E-state index contributed by atoms with van der Waals surface area (Å²) in [6, 6.07) is 4.63. The Kier molecular flexibility index (Phi) is 3.89. The van der Waals surface area contributed by atoms with Crippen LogP contribution >= 0.6 is 11.6 Å². The Morgan fingerprint density at radius 2 is 2.10 bits per heavy atom. The molecule has 3 rings (SSSR count). The SMILES string of the molecule is CCn1c(C2CCCC2)nc(-c2ccc(F)c(Cl)c2)c1N. The van der Waals surface area contributed by atoms with Crippen LogP contribution in [0.5, 0.6) is 0 Å². The average Bonchev–Trinajstić information content (AvgIpc) is 3.09. The molecule has 0 saturated heterocycles. The second kappa shape index (κ2) is 5.68. The number of rotatable bonds is 3. The van der Waals surface area contributed by atoms with Gasteiger partial charge in [-0.15, -0.1) is 0 Å². The van der Waals surface area contributed by atoms with E-state index in [4.69, 9.17) is 22.3 Å². The Hall–Kier alpha value is -1.55. The molecular weight excluding hydrogens is 289 g/mol. The lowest BCUT2D eigenvalue weighted by Crippen LogP contribution is -2.08. The highest BCUT2D eigenvalue weighted by Gasteiger charge is 2.25. The standard InChI is InChI=1S/C16H19ClFN3/c1-2-21-15(19)14(11-7-8-13(18)12(17)9-11)20-16(21)10-5-3-4-6-10/h7-10H,2-6,19H2,1H3. The van der Waals surface area contributed by atoms with Crippen LogP contribution in [0.25, 0.3) is 11.3 Å². The van der Waals surface area contributed by atoms with Gasteiger partial charge < -0.3 is 10.3 Å². The number of nitrogens with two attached hydrogens (primary N) is 1. The van der Waals surface area contributed by atoms with Gasteiger partial charge in [0.25, 0.3) is 0 Å². The lowest BCUT2D eigenvalue weighted by atomic mass is 10.1. The Balaban J connectivity index is 2.08. The van der Waals surface area contributed by atoms with E-state index in [0.29, 0.717) is 17.4 Å². The number of hydrogen-bond donors (Lipinski definition) is 1. The molecule has 5 heteroatoms. The van der Waals surface area contributed by atoms with E-state index in [9.17, 15) is 4.39 Å². The lowest BCUT2D eigenvalue weighted by molar-refractivity contribution is 0.604. The first-order chi connectivity index (χ1) is 10.1. The molecule has 1 aliphatic rings. The van der Waals surface area contributed by atoms with Crippen LogP contribution in [0.3, 0.4) is 0 Å². The fourth-order valence-electron chi connectivity index (χ4n) is 3.17. The summed E-state index contributed by atoms with van der Waals surface area (Å²) in [6.45, 7) is 2.86. The number of hydrogen-bond acceptors (Lipinski definition) is 2. The molecule has 0 unspecified atom stereocenters. The van der Waals surface area contributed by atoms with E-state index in [0.717, 1.165) is 17.9 Å². The van der Waals surface area contributed by atoms with Gasteiger partial charge in [-0.1, -0.05) is 24.4 Å². The summed E-state index contributed by atoms with van der Waals surface area (Å²) >= 11 is 5.87. The van der Waals surface area contributed by atoms with Crippen molar-refractivity contribution in [1.29, 1.82) is 0 Å². The number of nitrogen functional groups attached to an aromatic ring is 1. The number of anilines is 1. The fourth-order valence-corrected chi connectivity index (χ4v) is 3.35. The van der Waals surface area contributed by atoms with Crippen molar-refractivity contribution in [3.8, 4) is 11.3 Å². The molecule has 1 aliphatic carbocycles. The monoisotopic (exact) mass is 307 g/mol. The maximum absolute atomic E-state index is 13.3. The van der Waals surface area contributed by atoms with Crippen molar-refractivity contribution in [3.63, 3.8) is 0 Å². The molecule has 1 aromatic carbocycles. The summed E-state index contributed by atoms with van der Waals surface area (Å²) in [6.07, 6.45) is 4.83. The molecule has 0 bridgehead atoms. The number of aromatic nitrogens is 2. The zero-order chi connectivity index (χ0) is 15.0. The van der Waals surface area contributed by atoms with E-state index in [2.05, 4.69) is 11.5 Å². The van der Waals surface area contributed by atoms with E-state index in [1.807, 2.05) is 0 Å². The zero-order valence-electron chi connectivity index (χ0n) is 12.1. The van der Waals surface area contributed by atoms with Crippen LogP contribution in [0.4, 0.5) is 10.2 Å². The third kappa shape index (κ3) is 2.53. The van der Waals surface area contributed by atoms with Gasteiger partial charge in [0.05, 0.1) is 5.02 Å². The summed E-state index contributed by atoms with van der Waals surface area (Å²) in [4.78, 5) is 4.76. The van der Waals surface area contributed by atoms with Gasteiger partial charge in [-0.25, -0.2) is 9.37 Å². The van der Waals surface area contributed by atoms with E-state index in [1.54, 1.807) is 12.1 Å². The number of benzene rings is 1. The van der Waals surface area contributed by atoms with Gasteiger partial charge in [-0.2, -0.15) is 0 Å². The Bertz CT molecular complexity index is 660. The number of imidazole rings is 1. The highest BCUT2D eigenvalue weighted by Crippen LogP contribution is 2.37. The summed E-state index contributed by atoms with van der Waals surface area (Å²) in [5.74, 6) is 1.76. The van der Waals surface area contributed by atoms with E-state index >= 15 is 0 Å². The molecule has 0 radical (unpaired) electrons. The molecule has 0 amide bonds.